The molecule has 1 atom stereocenters. The van der Waals surface area contributed by atoms with Gasteiger partial charge < -0.3 is 20.5 Å². The fraction of sp³-hybridized carbons (Fsp3) is 0.240. The second-order valence-electron chi connectivity index (χ2n) is 8.85. The summed E-state index contributed by atoms with van der Waals surface area (Å²) in [4.78, 5) is 28.7. The highest BCUT2D eigenvalue weighted by molar-refractivity contribution is 6.39. The molecule has 4 heterocycles. The van der Waals surface area contributed by atoms with E-state index in [0.29, 0.717) is 40.8 Å². The van der Waals surface area contributed by atoms with Gasteiger partial charge in [0.15, 0.2) is 0 Å². The maximum atomic E-state index is 14.5. The molecule has 1 fully saturated rings. The van der Waals surface area contributed by atoms with Crippen molar-refractivity contribution in [2.45, 2.75) is 12.5 Å². The van der Waals surface area contributed by atoms with E-state index < -0.39 is 11.6 Å². The Morgan fingerprint density at radius 2 is 1.97 bits per heavy atom. The van der Waals surface area contributed by atoms with Gasteiger partial charge in [-0.15, -0.1) is 0 Å². The molecule has 1 aromatic carbocycles. The summed E-state index contributed by atoms with van der Waals surface area (Å²) in [7, 11) is 3.98. The highest BCUT2D eigenvalue weighted by atomic mass is 35.5. The molecule has 1 unspecified atom stereocenters. The van der Waals surface area contributed by atoms with Crippen LogP contribution in [0.5, 0.6) is 0 Å². The molecule has 0 radical (unpaired) electrons. The van der Waals surface area contributed by atoms with Crippen LogP contribution in [0.4, 0.5) is 14.6 Å². The van der Waals surface area contributed by atoms with Crippen LogP contribution in [-0.2, 0) is 0 Å². The summed E-state index contributed by atoms with van der Waals surface area (Å²) >= 11 is 6.78. The summed E-state index contributed by atoms with van der Waals surface area (Å²) in [6.45, 7) is 1.24. The van der Waals surface area contributed by atoms with Gasteiger partial charge in [0.2, 0.25) is 0 Å². The van der Waals surface area contributed by atoms with E-state index >= 15 is 0 Å². The van der Waals surface area contributed by atoms with Crippen LogP contribution in [0.25, 0.3) is 33.3 Å². The fourth-order valence-corrected chi connectivity index (χ4v) is 4.84. The number of nitrogens with zero attached hydrogens (tertiary/aromatic N) is 4. The molecule has 1 saturated heterocycles. The van der Waals surface area contributed by atoms with E-state index in [2.05, 4.69) is 19.9 Å². The Morgan fingerprint density at radius 1 is 1.17 bits per heavy atom. The number of halogens is 3. The number of anilines is 1. The van der Waals surface area contributed by atoms with Crippen LogP contribution in [0.1, 0.15) is 16.8 Å². The number of nitrogen functional groups attached to an aromatic ring is 1. The molecule has 4 aromatic rings. The molecule has 1 amide bonds. The molecule has 1 aliphatic rings. The quantitative estimate of drug-likeness (QED) is 0.431. The minimum absolute atomic E-state index is 0.0628. The molecule has 0 saturated carbocycles. The van der Waals surface area contributed by atoms with Crippen LogP contribution in [0.3, 0.4) is 0 Å². The van der Waals surface area contributed by atoms with Gasteiger partial charge in [0, 0.05) is 65.4 Å². The Bertz CT molecular complexity index is 1450. The van der Waals surface area contributed by atoms with Crippen LogP contribution >= 0.6 is 11.6 Å². The third kappa shape index (κ3) is 4.11. The van der Waals surface area contributed by atoms with Gasteiger partial charge in [-0.05, 0) is 44.8 Å². The van der Waals surface area contributed by atoms with Gasteiger partial charge in [-0.3, -0.25) is 4.79 Å². The Hall–Kier alpha value is -3.56. The smallest absolute Gasteiger partial charge is 0.257 e. The van der Waals surface area contributed by atoms with E-state index in [-0.39, 0.29) is 33.9 Å². The Balaban J connectivity index is 1.57. The Labute approximate surface area is 205 Å². The number of amides is 1. The number of aromatic amines is 1. The number of carbonyl (C=O) groups is 1. The van der Waals surface area contributed by atoms with Gasteiger partial charge in [0.25, 0.3) is 5.91 Å². The van der Waals surface area contributed by atoms with Gasteiger partial charge in [-0.2, -0.15) is 0 Å². The number of rotatable bonds is 4. The van der Waals surface area contributed by atoms with Crippen LogP contribution in [-0.4, -0.2) is 63.9 Å². The van der Waals surface area contributed by atoms with Gasteiger partial charge in [-0.25, -0.2) is 18.7 Å². The Kier molecular flexibility index (Phi) is 5.90. The van der Waals surface area contributed by atoms with Crippen molar-refractivity contribution in [3.63, 3.8) is 0 Å². The van der Waals surface area contributed by atoms with Gasteiger partial charge in [-0.1, -0.05) is 11.6 Å². The second-order valence-corrected chi connectivity index (χ2v) is 9.23. The van der Waals surface area contributed by atoms with E-state index in [1.54, 1.807) is 17.2 Å². The number of likely N-dealkylation sites (N-methyl/N-ethyl adjacent to an activating group) is 1. The molecule has 3 aromatic heterocycles. The lowest BCUT2D eigenvalue weighted by Crippen LogP contribution is -2.34. The second kappa shape index (κ2) is 8.90. The van der Waals surface area contributed by atoms with Crippen molar-refractivity contribution in [1.29, 1.82) is 0 Å². The number of benzene rings is 1. The number of nitrogens with one attached hydrogen (secondary N) is 1. The van der Waals surface area contributed by atoms with Crippen molar-refractivity contribution in [3.05, 3.63) is 65.1 Å². The predicted octanol–water partition coefficient (Wildman–Crippen LogP) is 4.58. The minimum Gasteiger partial charge on any atom is -0.383 e. The number of nitrogens with two attached hydrogens (primary N) is 1. The molecule has 180 valence electrons. The Morgan fingerprint density at radius 3 is 2.71 bits per heavy atom. The van der Waals surface area contributed by atoms with Crippen LogP contribution in [0.2, 0.25) is 5.02 Å². The first-order chi connectivity index (χ1) is 16.7. The summed E-state index contributed by atoms with van der Waals surface area (Å²) in [6, 6.07) is 5.17. The molecule has 35 heavy (non-hydrogen) atoms. The number of pyridine rings is 2. The van der Waals surface area contributed by atoms with Crippen molar-refractivity contribution in [2.24, 2.45) is 0 Å². The van der Waals surface area contributed by atoms with Gasteiger partial charge in [0.1, 0.15) is 23.1 Å². The molecule has 5 rings (SSSR count). The standard InChI is InChI=1S/C25H23ClF2N6O/c1-33(2)15-5-6-34(12-15)25(35)17-7-13(9-30-23(17)29)18-10-31-24-21(22(18)26)19(11-32-24)16-8-14(27)3-4-20(16)28/h3-4,7-11,15H,5-6,12H2,1-2H3,(H2,29,30)(H,31,32). The monoisotopic (exact) mass is 496 g/mol. The normalized spacial score (nSPS) is 15.9. The molecule has 0 aliphatic carbocycles. The third-order valence-electron chi connectivity index (χ3n) is 6.50. The zero-order valence-electron chi connectivity index (χ0n) is 19.1. The van der Waals surface area contributed by atoms with Crippen molar-refractivity contribution in [1.82, 2.24) is 24.8 Å². The third-order valence-corrected chi connectivity index (χ3v) is 6.89. The highest BCUT2D eigenvalue weighted by Crippen LogP contribution is 2.40. The topological polar surface area (TPSA) is 91.1 Å². The molecular formula is C25H23ClF2N6O. The zero-order chi connectivity index (χ0) is 24.9. The summed E-state index contributed by atoms with van der Waals surface area (Å²) < 4.78 is 28.4. The van der Waals surface area contributed by atoms with Crippen molar-refractivity contribution < 1.29 is 13.6 Å². The summed E-state index contributed by atoms with van der Waals surface area (Å²) in [5.74, 6) is -1.23. The average molecular weight is 497 g/mol. The van der Waals surface area contributed by atoms with Crippen molar-refractivity contribution >= 4 is 34.4 Å². The first-order valence-electron chi connectivity index (χ1n) is 11.1. The lowest BCUT2D eigenvalue weighted by molar-refractivity contribution is 0.0784. The summed E-state index contributed by atoms with van der Waals surface area (Å²) in [5, 5.41) is 0.709. The van der Waals surface area contributed by atoms with Crippen LogP contribution < -0.4 is 5.73 Å². The van der Waals surface area contributed by atoms with Gasteiger partial charge in [0.05, 0.1) is 10.6 Å². The molecule has 10 heteroatoms. The lowest BCUT2D eigenvalue weighted by atomic mass is 10.0. The fourth-order valence-electron chi connectivity index (χ4n) is 4.49. The van der Waals surface area contributed by atoms with Gasteiger partial charge >= 0.3 is 0 Å². The number of aromatic nitrogens is 3. The van der Waals surface area contributed by atoms with E-state index in [0.717, 1.165) is 24.6 Å². The average Bonchev–Trinajstić information content (AvgIpc) is 3.49. The summed E-state index contributed by atoms with van der Waals surface area (Å²) in [5.41, 5.74) is 8.25. The molecular weight excluding hydrogens is 474 g/mol. The van der Waals surface area contributed by atoms with E-state index in [1.807, 2.05) is 14.1 Å². The lowest BCUT2D eigenvalue weighted by Gasteiger charge is -2.21. The maximum absolute atomic E-state index is 14.5. The maximum Gasteiger partial charge on any atom is 0.257 e. The highest BCUT2D eigenvalue weighted by Gasteiger charge is 2.29. The molecule has 1 aliphatic heterocycles. The van der Waals surface area contributed by atoms with E-state index in [4.69, 9.17) is 17.3 Å². The summed E-state index contributed by atoms with van der Waals surface area (Å²) in [6.07, 6.45) is 5.48. The number of likely N-dealkylation sites (tertiary alicyclic amines) is 1. The van der Waals surface area contributed by atoms with Crippen molar-refractivity contribution in [2.75, 3.05) is 32.9 Å². The number of hydrogen-bond acceptors (Lipinski definition) is 5. The molecule has 0 bridgehead atoms. The minimum atomic E-state index is -0.586. The number of carbonyl (C=O) groups excluding carboxylic acids is 1. The molecule has 3 N–H and O–H groups in total. The molecule has 0 spiro atoms. The molecule has 7 nitrogen and oxygen atoms in total. The number of fused-ring (bicyclic) bond motifs is 1. The first kappa shape index (κ1) is 23.2. The first-order valence-corrected chi connectivity index (χ1v) is 11.4. The van der Waals surface area contributed by atoms with Crippen LogP contribution in [0.15, 0.2) is 42.9 Å². The largest absolute Gasteiger partial charge is 0.383 e. The van der Waals surface area contributed by atoms with E-state index in [1.165, 1.54) is 12.4 Å². The number of H-pyrrole nitrogens is 1. The van der Waals surface area contributed by atoms with Crippen LogP contribution in [0, 0.1) is 11.6 Å². The predicted molar refractivity (Wildman–Crippen MR) is 132 cm³/mol. The SMILES string of the molecule is CN(C)C1CCN(C(=O)c2cc(-c3cnc4[nH]cc(-c5cc(F)ccc5F)c4c3Cl)cnc2N)C1. The van der Waals surface area contributed by atoms with E-state index in [9.17, 15) is 13.6 Å². The van der Waals surface area contributed by atoms with Crippen molar-refractivity contribution in [3.8, 4) is 22.3 Å². The zero-order valence-corrected chi connectivity index (χ0v) is 19.9. The number of hydrogen-bond donors (Lipinski definition) is 2.